The van der Waals surface area contributed by atoms with Crippen LogP contribution in [0, 0.1) is 6.92 Å². The van der Waals surface area contributed by atoms with Crippen molar-refractivity contribution in [1.29, 1.82) is 0 Å². The predicted octanol–water partition coefficient (Wildman–Crippen LogP) is 2.67. The van der Waals surface area contributed by atoms with Gasteiger partial charge in [-0.3, -0.25) is 4.98 Å². The standard InChI is InChI=1S/C17H22N4/c1-13-5-3-4-6-14(13)12-21(2)17-11-18-9-16(20-17)10-19-15-7-8-15/h3-6,9,11,15,19H,7-8,10,12H2,1-2H3. The number of hydrogen-bond donors (Lipinski definition) is 1. The number of hydrogen-bond acceptors (Lipinski definition) is 4. The van der Waals surface area contributed by atoms with Gasteiger partial charge in [0.25, 0.3) is 0 Å². The lowest BCUT2D eigenvalue weighted by Crippen LogP contribution is -2.21. The van der Waals surface area contributed by atoms with E-state index in [0.29, 0.717) is 6.04 Å². The molecule has 1 N–H and O–H groups in total. The summed E-state index contributed by atoms with van der Waals surface area (Å²) in [7, 11) is 2.06. The van der Waals surface area contributed by atoms with Crippen LogP contribution in [-0.2, 0) is 13.1 Å². The zero-order valence-corrected chi connectivity index (χ0v) is 12.7. The third-order valence-corrected chi connectivity index (χ3v) is 3.88. The summed E-state index contributed by atoms with van der Waals surface area (Å²) < 4.78 is 0. The maximum Gasteiger partial charge on any atom is 0.147 e. The van der Waals surface area contributed by atoms with Gasteiger partial charge in [0.2, 0.25) is 0 Å². The highest BCUT2D eigenvalue weighted by atomic mass is 15.2. The monoisotopic (exact) mass is 282 g/mol. The van der Waals surface area contributed by atoms with Crippen molar-refractivity contribution >= 4 is 5.82 Å². The Bertz CT molecular complexity index is 607. The van der Waals surface area contributed by atoms with Gasteiger partial charge in [-0.2, -0.15) is 0 Å². The van der Waals surface area contributed by atoms with Gasteiger partial charge in [-0.25, -0.2) is 4.98 Å². The Balaban J connectivity index is 1.67. The number of aryl methyl sites for hydroxylation is 1. The molecule has 1 aliphatic carbocycles. The molecule has 1 aliphatic rings. The Morgan fingerprint density at radius 2 is 2.05 bits per heavy atom. The highest BCUT2D eigenvalue weighted by Crippen LogP contribution is 2.19. The fraction of sp³-hybridized carbons (Fsp3) is 0.412. The first-order valence-electron chi connectivity index (χ1n) is 7.52. The van der Waals surface area contributed by atoms with Gasteiger partial charge in [-0.1, -0.05) is 24.3 Å². The number of anilines is 1. The molecule has 1 fully saturated rings. The molecule has 1 heterocycles. The van der Waals surface area contributed by atoms with Crippen LogP contribution in [0.25, 0.3) is 0 Å². The second-order valence-corrected chi connectivity index (χ2v) is 5.81. The fourth-order valence-electron chi connectivity index (χ4n) is 2.32. The Morgan fingerprint density at radius 3 is 2.81 bits per heavy atom. The zero-order chi connectivity index (χ0) is 14.7. The highest BCUT2D eigenvalue weighted by molar-refractivity contribution is 5.38. The molecule has 1 aromatic carbocycles. The molecule has 0 saturated heterocycles. The minimum atomic E-state index is 0.695. The first-order valence-corrected chi connectivity index (χ1v) is 7.52. The average molecular weight is 282 g/mol. The first-order chi connectivity index (χ1) is 10.2. The normalized spacial score (nSPS) is 14.2. The van der Waals surface area contributed by atoms with Crippen LogP contribution in [-0.4, -0.2) is 23.1 Å². The summed E-state index contributed by atoms with van der Waals surface area (Å²) in [6, 6.07) is 9.16. The largest absolute Gasteiger partial charge is 0.354 e. The molecule has 0 spiro atoms. The van der Waals surface area contributed by atoms with E-state index >= 15 is 0 Å². The lowest BCUT2D eigenvalue weighted by molar-refractivity contribution is 0.670. The molecule has 0 amide bonds. The van der Waals surface area contributed by atoms with Gasteiger partial charge in [-0.15, -0.1) is 0 Å². The van der Waals surface area contributed by atoms with E-state index in [1.54, 1.807) is 0 Å². The molecule has 0 bridgehead atoms. The van der Waals surface area contributed by atoms with Crippen LogP contribution in [0.4, 0.5) is 5.82 Å². The molecule has 3 rings (SSSR count). The van der Waals surface area contributed by atoms with Gasteiger partial charge >= 0.3 is 0 Å². The van der Waals surface area contributed by atoms with Crippen molar-refractivity contribution in [3.05, 3.63) is 53.5 Å². The topological polar surface area (TPSA) is 41.1 Å². The van der Waals surface area contributed by atoms with E-state index in [9.17, 15) is 0 Å². The molecule has 0 atom stereocenters. The number of rotatable bonds is 6. The van der Waals surface area contributed by atoms with E-state index in [1.165, 1.54) is 24.0 Å². The van der Waals surface area contributed by atoms with Crippen molar-refractivity contribution in [2.24, 2.45) is 0 Å². The predicted molar refractivity (Wildman–Crippen MR) is 85.2 cm³/mol. The number of nitrogens with one attached hydrogen (secondary N) is 1. The fourth-order valence-corrected chi connectivity index (χ4v) is 2.32. The van der Waals surface area contributed by atoms with E-state index in [0.717, 1.165) is 24.6 Å². The second kappa shape index (κ2) is 6.22. The van der Waals surface area contributed by atoms with Crippen LogP contribution in [0.1, 0.15) is 29.7 Å². The number of aromatic nitrogens is 2. The average Bonchev–Trinajstić information content (AvgIpc) is 3.32. The van der Waals surface area contributed by atoms with E-state index in [1.807, 2.05) is 12.4 Å². The number of nitrogens with zero attached hydrogens (tertiary/aromatic N) is 3. The molecule has 1 saturated carbocycles. The lowest BCUT2D eigenvalue weighted by Gasteiger charge is -2.19. The molecular formula is C17H22N4. The van der Waals surface area contributed by atoms with Gasteiger partial charge in [0.05, 0.1) is 11.9 Å². The second-order valence-electron chi connectivity index (χ2n) is 5.81. The molecular weight excluding hydrogens is 260 g/mol. The van der Waals surface area contributed by atoms with Crippen molar-refractivity contribution in [2.45, 2.75) is 38.9 Å². The molecule has 4 nitrogen and oxygen atoms in total. The maximum atomic E-state index is 4.70. The molecule has 1 aromatic heterocycles. The Labute approximate surface area is 126 Å². The summed E-state index contributed by atoms with van der Waals surface area (Å²) in [5, 5.41) is 3.48. The highest BCUT2D eigenvalue weighted by Gasteiger charge is 2.20. The smallest absolute Gasteiger partial charge is 0.147 e. The maximum absolute atomic E-state index is 4.70. The molecule has 21 heavy (non-hydrogen) atoms. The van der Waals surface area contributed by atoms with E-state index in [-0.39, 0.29) is 0 Å². The quantitative estimate of drug-likeness (QED) is 0.884. The Hall–Kier alpha value is -1.94. The lowest BCUT2D eigenvalue weighted by atomic mass is 10.1. The van der Waals surface area contributed by atoms with Crippen molar-refractivity contribution in [1.82, 2.24) is 15.3 Å². The molecule has 110 valence electrons. The van der Waals surface area contributed by atoms with E-state index in [2.05, 4.69) is 53.4 Å². The minimum Gasteiger partial charge on any atom is -0.354 e. The van der Waals surface area contributed by atoms with Gasteiger partial charge < -0.3 is 10.2 Å². The molecule has 0 radical (unpaired) electrons. The first kappa shape index (κ1) is 14.0. The summed E-state index contributed by atoms with van der Waals surface area (Å²) in [6.07, 6.45) is 6.26. The van der Waals surface area contributed by atoms with Crippen LogP contribution >= 0.6 is 0 Å². The van der Waals surface area contributed by atoms with Crippen LogP contribution in [0.15, 0.2) is 36.7 Å². The van der Waals surface area contributed by atoms with Crippen molar-refractivity contribution in [3.63, 3.8) is 0 Å². The van der Waals surface area contributed by atoms with Crippen molar-refractivity contribution < 1.29 is 0 Å². The van der Waals surface area contributed by atoms with Gasteiger partial charge in [0, 0.05) is 32.4 Å². The van der Waals surface area contributed by atoms with Gasteiger partial charge in [0.1, 0.15) is 5.82 Å². The summed E-state index contributed by atoms with van der Waals surface area (Å²) in [4.78, 5) is 11.2. The summed E-state index contributed by atoms with van der Waals surface area (Å²) in [5.41, 5.74) is 3.64. The van der Waals surface area contributed by atoms with Crippen LogP contribution < -0.4 is 10.2 Å². The van der Waals surface area contributed by atoms with Gasteiger partial charge in [0.15, 0.2) is 0 Å². The Morgan fingerprint density at radius 1 is 1.24 bits per heavy atom. The molecule has 0 unspecified atom stereocenters. The van der Waals surface area contributed by atoms with Gasteiger partial charge in [-0.05, 0) is 30.9 Å². The summed E-state index contributed by atoms with van der Waals surface area (Å²) in [6.45, 7) is 3.80. The van der Waals surface area contributed by atoms with Crippen LogP contribution in [0.3, 0.4) is 0 Å². The molecule has 4 heteroatoms. The Kier molecular flexibility index (Phi) is 4.15. The third kappa shape index (κ3) is 3.79. The summed E-state index contributed by atoms with van der Waals surface area (Å²) >= 11 is 0. The molecule has 2 aromatic rings. The molecule has 0 aliphatic heterocycles. The van der Waals surface area contributed by atoms with E-state index in [4.69, 9.17) is 4.98 Å². The summed E-state index contributed by atoms with van der Waals surface area (Å²) in [5.74, 6) is 0.924. The van der Waals surface area contributed by atoms with Crippen LogP contribution in [0.2, 0.25) is 0 Å². The number of benzene rings is 1. The van der Waals surface area contributed by atoms with Crippen molar-refractivity contribution in [2.75, 3.05) is 11.9 Å². The SMILES string of the molecule is Cc1ccccc1CN(C)c1cncc(CNC2CC2)n1. The van der Waals surface area contributed by atoms with E-state index < -0.39 is 0 Å². The van der Waals surface area contributed by atoms with Crippen molar-refractivity contribution in [3.8, 4) is 0 Å². The zero-order valence-electron chi connectivity index (χ0n) is 12.7. The minimum absolute atomic E-state index is 0.695. The van der Waals surface area contributed by atoms with Crippen LogP contribution in [0.5, 0.6) is 0 Å². The third-order valence-electron chi connectivity index (χ3n) is 3.88.